The number of carbonyl (C=O) groups excluding carboxylic acids is 4. The van der Waals surface area contributed by atoms with Crippen LogP contribution >= 0.6 is 34.8 Å². The van der Waals surface area contributed by atoms with Crippen molar-refractivity contribution in [2.24, 2.45) is 23.7 Å². The number of carboxylic acid groups (broad SMARTS) is 1. The summed E-state index contributed by atoms with van der Waals surface area (Å²) in [7, 11) is 0. The number of aromatic nitrogens is 1. The molecule has 3 N–H and O–H groups in total. The number of nitrogens with one attached hydrogen (secondary N) is 1. The number of phenols is 1. The van der Waals surface area contributed by atoms with Gasteiger partial charge >= 0.3 is 12.1 Å². The highest BCUT2D eigenvalue weighted by Crippen LogP contribution is 2.65. The summed E-state index contributed by atoms with van der Waals surface area (Å²) in [5.41, 5.74) is 0.261. The van der Waals surface area contributed by atoms with Gasteiger partial charge in [0.05, 0.1) is 45.0 Å². The van der Waals surface area contributed by atoms with Gasteiger partial charge in [-0.3, -0.25) is 29.5 Å². The molecule has 2 aliphatic heterocycles. The van der Waals surface area contributed by atoms with Gasteiger partial charge in [-0.1, -0.05) is 64.7 Å². The van der Waals surface area contributed by atoms with E-state index in [4.69, 9.17) is 34.8 Å². The number of nitrogens with zero attached hydrogens (tertiary/aromatic N) is 3. The van der Waals surface area contributed by atoms with Gasteiger partial charge in [-0.2, -0.15) is 18.2 Å². The number of carboxylic acids is 1. The number of pyridine rings is 1. The van der Waals surface area contributed by atoms with Crippen molar-refractivity contribution in [2.45, 2.75) is 30.4 Å². The number of allylic oxidation sites excluding steroid dienone is 2. The lowest BCUT2D eigenvalue weighted by atomic mass is 9.49. The van der Waals surface area contributed by atoms with Crippen molar-refractivity contribution < 1.29 is 47.4 Å². The van der Waals surface area contributed by atoms with Crippen molar-refractivity contribution in [3.63, 3.8) is 0 Å². The van der Waals surface area contributed by atoms with Crippen LogP contribution < -0.4 is 10.3 Å². The fourth-order valence-electron chi connectivity index (χ4n) is 8.92. The second-order valence-corrected chi connectivity index (χ2v) is 15.3. The van der Waals surface area contributed by atoms with Crippen LogP contribution in [0.3, 0.4) is 0 Å². The summed E-state index contributed by atoms with van der Waals surface area (Å²) >= 11 is 19.0. The van der Waals surface area contributed by atoms with Gasteiger partial charge < -0.3 is 10.2 Å². The maximum atomic E-state index is 15.3. The zero-order chi connectivity index (χ0) is 40.0. The van der Waals surface area contributed by atoms with E-state index < -0.39 is 87.2 Å². The molecule has 1 aromatic heterocycles. The molecular weight excluding hydrogens is 800 g/mol. The zero-order valence-corrected chi connectivity index (χ0v) is 30.7. The van der Waals surface area contributed by atoms with E-state index in [0.29, 0.717) is 27.9 Å². The first kappa shape index (κ1) is 37.5. The van der Waals surface area contributed by atoms with Crippen LogP contribution in [0.2, 0.25) is 15.1 Å². The van der Waals surface area contributed by atoms with E-state index in [0.717, 1.165) is 4.90 Å². The van der Waals surface area contributed by atoms with Crippen LogP contribution in [0.5, 0.6) is 5.75 Å². The number of aromatic hydroxyl groups is 1. The van der Waals surface area contributed by atoms with E-state index in [1.807, 2.05) is 0 Å². The van der Waals surface area contributed by atoms with Crippen molar-refractivity contribution in [1.82, 2.24) is 9.99 Å². The second kappa shape index (κ2) is 13.4. The van der Waals surface area contributed by atoms with Crippen LogP contribution in [-0.4, -0.2) is 49.8 Å². The Bertz CT molecular complexity index is 2430. The number of hydrogen-bond acceptors (Lipinski definition) is 8. The average molecular weight is 826 g/mol. The number of aromatic carboxylic acids is 1. The van der Waals surface area contributed by atoms with E-state index >= 15 is 4.79 Å². The number of halogens is 6. The maximum Gasteiger partial charge on any atom is 0.417 e. The van der Waals surface area contributed by atoms with Crippen molar-refractivity contribution in [2.75, 3.05) is 10.3 Å². The molecule has 0 bridgehead atoms. The number of alkyl halides is 3. The summed E-state index contributed by atoms with van der Waals surface area (Å²) < 4.78 is 40.4. The summed E-state index contributed by atoms with van der Waals surface area (Å²) in [4.78, 5) is 75.1. The molecule has 2 saturated heterocycles. The standard InChI is InChI=1S/C39H26Cl3F3N4O7/c40-20-6-4-18(5-7-20)38-27(34(52)49(37(38)56)47-32-28(42)13-19(16-46-32)39(43,44)45)15-25-23(31(38)26-14-21(41)8-11-29(26)50)9-10-24-30(25)35(53)48(33(24)51)22-3-1-2-17(12-22)36(54)55/h1-9,11-14,16,24-25,27,30-31,50H,10,15H2,(H,46,47)(H,54,55)/t24-,25+,27-,30-,31+,38+/m0/s1. The Kier molecular flexibility index (Phi) is 8.94. The fraction of sp³-hybridized carbons (Fsp3) is 0.231. The molecule has 4 amide bonds. The van der Waals surface area contributed by atoms with Crippen LogP contribution in [-0.2, 0) is 30.8 Å². The molecule has 0 radical (unpaired) electrons. The zero-order valence-electron chi connectivity index (χ0n) is 28.4. The van der Waals surface area contributed by atoms with Crippen LogP contribution in [0, 0.1) is 23.7 Å². The number of carbonyl (C=O) groups is 5. The molecule has 286 valence electrons. The molecule has 3 fully saturated rings. The van der Waals surface area contributed by atoms with Gasteiger partial charge in [0, 0.05) is 27.7 Å². The maximum absolute atomic E-state index is 15.3. The summed E-state index contributed by atoms with van der Waals surface area (Å²) in [6.07, 6.45) is -2.72. The topological polar surface area (TPSA) is 157 Å². The summed E-state index contributed by atoms with van der Waals surface area (Å²) in [6.45, 7) is 0. The van der Waals surface area contributed by atoms with Gasteiger partial charge in [-0.05, 0) is 78.9 Å². The van der Waals surface area contributed by atoms with Gasteiger partial charge in [0.2, 0.25) is 11.8 Å². The first-order valence-electron chi connectivity index (χ1n) is 17.1. The van der Waals surface area contributed by atoms with Gasteiger partial charge in [0.1, 0.15) is 5.75 Å². The third kappa shape index (κ3) is 5.64. The van der Waals surface area contributed by atoms with Crippen LogP contribution in [0.25, 0.3) is 0 Å². The average Bonchev–Trinajstić information content (AvgIpc) is 3.54. The molecule has 4 aromatic rings. The van der Waals surface area contributed by atoms with Crippen LogP contribution in [0.4, 0.5) is 24.7 Å². The quantitative estimate of drug-likeness (QED) is 0.131. The molecule has 8 rings (SSSR count). The number of hydrazine groups is 1. The molecule has 6 atom stereocenters. The first-order chi connectivity index (χ1) is 26.5. The lowest BCUT2D eigenvalue weighted by Crippen LogP contribution is -2.53. The van der Waals surface area contributed by atoms with Crippen molar-refractivity contribution >= 4 is 75.9 Å². The largest absolute Gasteiger partial charge is 0.508 e. The van der Waals surface area contributed by atoms with E-state index in [1.54, 1.807) is 18.2 Å². The Morgan fingerprint density at radius 2 is 1.61 bits per heavy atom. The van der Waals surface area contributed by atoms with Crippen LogP contribution in [0.1, 0.15) is 45.8 Å². The minimum atomic E-state index is -4.79. The lowest BCUT2D eigenvalue weighted by Gasteiger charge is -2.50. The Morgan fingerprint density at radius 1 is 0.893 bits per heavy atom. The third-order valence-electron chi connectivity index (χ3n) is 11.2. The molecule has 0 spiro atoms. The molecule has 4 aliphatic rings. The number of fused-ring (bicyclic) bond motifs is 4. The molecule has 3 aromatic carbocycles. The monoisotopic (exact) mass is 824 g/mol. The Morgan fingerprint density at radius 3 is 2.29 bits per heavy atom. The SMILES string of the molecule is O=C(O)c1cccc(N2C(=O)[C@H]3[C@H](CC=C4[C@H]3C[C@H]3C(=O)N(Nc5ncc(C(F)(F)F)cc5Cl)C(=O)[C@@]3(c3ccc(Cl)cc3)[C@H]4c3cc(Cl)ccc3O)C2=O)c1. The molecule has 0 unspecified atom stereocenters. The highest BCUT2D eigenvalue weighted by molar-refractivity contribution is 6.33. The van der Waals surface area contributed by atoms with Crippen molar-refractivity contribution in [3.8, 4) is 5.75 Å². The third-order valence-corrected chi connectivity index (χ3v) is 12.0. The van der Waals surface area contributed by atoms with Crippen molar-refractivity contribution in [3.05, 3.63) is 128 Å². The lowest BCUT2D eigenvalue weighted by molar-refractivity contribution is -0.139. The molecule has 3 heterocycles. The predicted molar refractivity (Wildman–Crippen MR) is 196 cm³/mol. The number of imide groups is 2. The van der Waals surface area contributed by atoms with E-state index in [2.05, 4.69) is 10.4 Å². The predicted octanol–water partition coefficient (Wildman–Crippen LogP) is 7.65. The van der Waals surface area contributed by atoms with Gasteiger partial charge in [0.25, 0.3) is 11.8 Å². The first-order valence-corrected chi connectivity index (χ1v) is 18.2. The molecule has 1 saturated carbocycles. The molecule has 11 nitrogen and oxygen atoms in total. The summed E-state index contributed by atoms with van der Waals surface area (Å²) in [5, 5.41) is 21.7. The second-order valence-electron chi connectivity index (χ2n) is 14.0. The highest BCUT2D eigenvalue weighted by Gasteiger charge is 2.70. The van der Waals surface area contributed by atoms with Gasteiger partial charge in [-0.25, -0.2) is 9.78 Å². The Balaban J connectivity index is 1.31. The Hall–Kier alpha value is -5.44. The molecule has 2 aliphatic carbocycles. The molecular formula is C39H26Cl3F3N4O7. The highest BCUT2D eigenvalue weighted by atomic mass is 35.5. The van der Waals surface area contributed by atoms with E-state index in [1.165, 1.54) is 54.6 Å². The number of anilines is 2. The number of phenolic OH excluding ortho intramolecular Hbond substituents is 1. The van der Waals surface area contributed by atoms with Crippen LogP contribution in [0.15, 0.2) is 90.6 Å². The number of rotatable bonds is 6. The smallest absolute Gasteiger partial charge is 0.417 e. The normalized spacial score (nSPS) is 25.8. The minimum absolute atomic E-state index is 0.0184. The number of benzene rings is 3. The minimum Gasteiger partial charge on any atom is -0.508 e. The summed E-state index contributed by atoms with van der Waals surface area (Å²) in [5.74, 6) is -10.3. The molecule has 17 heteroatoms. The summed E-state index contributed by atoms with van der Waals surface area (Å²) in [6, 6.07) is 16.3. The number of hydrogen-bond donors (Lipinski definition) is 3. The number of amides is 4. The van der Waals surface area contributed by atoms with E-state index in [9.17, 15) is 42.6 Å². The van der Waals surface area contributed by atoms with Gasteiger partial charge in [0.15, 0.2) is 5.82 Å². The Labute approximate surface area is 330 Å². The van der Waals surface area contributed by atoms with Gasteiger partial charge in [-0.15, -0.1) is 0 Å². The fourth-order valence-corrected chi connectivity index (χ4v) is 9.43. The molecule has 56 heavy (non-hydrogen) atoms. The van der Waals surface area contributed by atoms with E-state index in [-0.39, 0.29) is 46.0 Å². The van der Waals surface area contributed by atoms with Crippen molar-refractivity contribution in [1.29, 1.82) is 0 Å².